The van der Waals surface area contributed by atoms with E-state index in [1.165, 1.54) is 0 Å². The van der Waals surface area contributed by atoms with E-state index in [0.29, 0.717) is 19.6 Å². The summed E-state index contributed by atoms with van der Waals surface area (Å²) in [5.74, 6) is 0. The molecular weight excluding hydrogens is 272 g/mol. The molecule has 0 atom stereocenters. The average Bonchev–Trinajstić information content (AvgIpc) is 3.07. The van der Waals surface area contributed by atoms with Gasteiger partial charge in [0.15, 0.2) is 0 Å². The summed E-state index contributed by atoms with van der Waals surface area (Å²) in [6, 6.07) is 3.91. The minimum Gasteiger partial charge on any atom is -0.334 e. The minimum atomic E-state index is -0.0952. The molecule has 2 heterocycles. The number of thiophene rings is 1. The molecule has 6 heteroatoms. The molecule has 0 aromatic carbocycles. The van der Waals surface area contributed by atoms with Gasteiger partial charge in [-0.15, -0.1) is 17.9 Å². The van der Waals surface area contributed by atoms with Crippen molar-refractivity contribution in [1.82, 2.24) is 20.0 Å². The third-order valence-electron chi connectivity index (χ3n) is 2.77. The normalized spacial score (nSPS) is 10.2. The second kappa shape index (κ2) is 6.91. The predicted molar refractivity (Wildman–Crippen MR) is 80.4 cm³/mol. The molecule has 0 fully saturated rings. The maximum atomic E-state index is 12.2. The van der Waals surface area contributed by atoms with Crippen LogP contribution in [0, 0.1) is 0 Å². The van der Waals surface area contributed by atoms with E-state index in [2.05, 4.69) is 17.0 Å². The van der Waals surface area contributed by atoms with Crippen molar-refractivity contribution in [3.63, 3.8) is 0 Å². The van der Waals surface area contributed by atoms with Gasteiger partial charge in [0.25, 0.3) is 0 Å². The van der Waals surface area contributed by atoms with Crippen LogP contribution in [-0.4, -0.2) is 27.3 Å². The van der Waals surface area contributed by atoms with Crippen molar-refractivity contribution < 1.29 is 4.79 Å². The highest BCUT2D eigenvalue weighted by molar-refractivity contribution is 7.09. The minimum absolute atomic E-state index is 0.0952. The first-order valence-electron chi connectivity index (χ1n) is 6.32. The Morgan fingerprint density at radius 1 is 1.65 bits per heavy atom. The summed E-state index contributed by atoms with van der Waals surface area (Å²) in [5.41, 5.74) is 0.982. The van der Waals surface area contributed by atoms with E-state index in [9.17, 15) is 4.79 Å². The van der Waals surface area contributed by atoms with Crippen LogP contribution >= 0.6 is 11.3 Å². The van der Waals surface area contributed by atoms with Gasteiger partial charge in [-0.2, -0.15) is 5.10 Å². The lowest BCUT2D eigenvalue weighted by Crippen LogP contribution is -2.39. The quantitative estimate of drug-likeness (QED) is 0.830. The van der Waals surface area contributed by atoms with E-state index in [1.54, 1.807) is 33.2 Å². The lowest BCUT2D eigenvalue weighted by atomic mass is 10.3. The molecular formula is C14H18N4OS. The Kier molecular flexibility index (Phi) is 4.95. The second-order valence-electron chi connectivity index (χ2n) is 4.43. The van der Waals surface area contributed by atoms with Crippen LogP contribution in [0.2, 0.25) is 0 Å². The fourth-order valence-electron chi connectivity index (χ4n) is 1.82. The number of aromatic nitrogens is 2. The smallest absolute Gasteiger partial charge is 0.318 e. The molecule has 0 saturated carbocycles. The molecule has 5 nitrogen and oxygen atoms in total. The Hall–Kier alpha value is -2.08. The molecule has 0 aliphatic heterocycles. The number of urea groups is 1. The molecule has 20 heavy (non-hydrogen) atoms. The van der Waals surface area contributed by atoms with Gasteiger partial charge in [-0.3, -0.25) is 4.68 Å². The predicted octanol–water partition coefficient (Wildman–Crippen LogP) is 2.38. The van der Waals surface area contributed by atoms with Crippen LogP contribution in [0.15, 0.2) is 42.6 Å². The van der Waals surface area contributed by atoms with Crippen LogP contribution in [0.1, 0.15) is 10.4 Å². The Labute approximate surface area is 122 Å². The summed E-state index contributed by atoms with van der Waals surface area (Å²) in [6.45, 7) is 5.30. The van der Waals surface area contributed by atoms with Gasteiger partial charge in [0, 0.05) is 36.8 Å². The van der Waals surface area contributed by atoms with Crippen molar-refractivity contribution in [1.29, 1.82) is 0 Å². The van der Waals surface area contributed by atoms with Gasteiger partial charge < -0.3 is 10.2 Å². The SMILES string of the molecule is C=CCN(Cc1cccs1)C(=O)NCc1cnn(C)c1. The van der Waals surface area contributed by atoms with Gasteiger partial charge in [0.05, 0.1) is 12.7 Å². The number of nitrogens with zero attached hydrogens (tertiary/aromatic N) is 3. The van der Waals surface area contributed by atoms with E-state index in [1.807, 2.05) is 30.8 Å². The zero-order valence-electron chi connectivity index (χ0n) is 11.5. The number of hydrogen-bond donors (Lipinski definition) is 1. The highest BCUT2D eigenvalue weighted by atomic mass is 32.1. The standard InChI is InChI=1S/C14H18N4OS/c1-3-6-18(11-13-5-4-7-20-13)14(19)15-8-12-9-16-17(2)10-12/h3-5,7,9-10H,1,6,8,11H2,2H3,(H,15,19). The molecule has 2 amide bonds. The van der Waals surface area contributed by atoms with E-state index >= 15 is 0 Å². The van der Waals surface area contributed by atoms with Gasteiger partial charge in [0.2, 0.25) is 0 Å². The average molecular weight is 290 g/mol. The number of rotatable bonds is 6. The van der Waals surface area contributed by atoms with Crippen molar-refractivity contribution in [2.24, 2.45) is 7.05 Å². The zero-order chi connectivity index (χ0) is 14.4. The van der Waals surface area contributed by atoms with Crippen LogP contribution in [0.25, 0.3) is 0 Å². The molecule has 2 aromatic heterocycles. The van der Waals surface area contributed by atoms with Gasteiger partial charge >= 0.3 is 6.03 Å². The highest BCUT2D eigenvalue weighted by Crippen LogP contribution is 2.12. The number of aryl methyl sites for hydroxylation is 1. The third kappa shape index (κ3) is 3.96. The van der Waals surface area contributed by atoms with E-state index < -0.39 is 0 Å². The van der Waals surface area contributed by atoms with Gasteiger partial charge in [-0.05, 0) is 11.4 Å². The number of carbonyl (C=O) groups excluding carboxylic acids is 1. The molecule has 0 unspecified atom stereocenters. The maximum absolute atomic E-state index is 12.2. The molecule has 0 aliphatic carbocycles. The van der Waals surface area contributed by atoms with Crippen LogP contribution in [-0.2, 0) is 20.1 Å². The molecule has 2 rings (SSSR count). The molecule has 0 spiro atoms. The molecule has 0 aliphatic rings. The van der Waals surface area contributed by atoms with Crippen molar-refractivity contribution in [2.75, 3.05) is 6.54 Å². The van der Waals surface area contributed by atoms with Crippen molar-refractivity contribution in [3.8, 4) is 0 Å². The van der Waals surface area contributed by atoms with Crippen molar-refractivity contribution in [2.45, 2.75) is 13.1 Å². The van der Waals surface area contributed by atoms with E-state index in [4.69, 9.17) is 0 Å². The van der Waals surface area contributed by atoms with E-state index in [0.717, 1.165) is 10.4 Å². The second-order valence-corrected chi connectivity index (χ2v) is 5.46. The van der Waals surface area contributed by atoms with Crippen molar-refractivity contribution in [3.05, 3.63) is 53.0 Å². The zero-order valence-corrected chi connectivity index (χ0v) is 12.3. The fraction of sp³-hybridized carbons (Fsp3) is 0.286. The van der Waals surface area contributed by atoms with Gasteiger partial charge in [0.1, 0.15) is 0 Å². The Morgan fingerprint density at radius 3 is 3.10 bits per heavy atom. The first-order chi connectivity index (χ1) is 9.69. The lowest BCUT2D eigenvalue weighted by Gasteiger charge is -2.20. The van der Waals surface area contributed by atoms with Crippen molar-refractivity contribution >= 4 is 17.4 Å². The number of hydrogen-bond acceptors (Lipinski definition) is 3. The van der Waals surface area contributed by atoms with Gasteiger partial charge in [-0.1, -0.05) is 12.1 Å². The Morgan fingerprint density at radius 2 is 2.50 bits per heavy atom. The molecule has 106 valence electrons. The molecule has 0 radical (unpaired) electrons. The first-order valence-corrected chi connectivity index (χ1v) is 7.20. The summed E-state index contributed by atoms with van der Waals surface area (Å²) in [7, 11) is 1.85. The van der Waals surface area contributed by atoms with E-state index in [-0.39, 0.29) is 6.03 Å². The van der Waals surface area contributed by atoms with Crippen LogP contribution in [0.4, 0.5) is 4.79 Å². The first kappa shape index (κ1) is 14.3. The number of carbonyl (C=O) groups is 1. The summed E-state index contributed by atoms with van der Waals surface area (Å²) < 4.78 is 1.72. The monoisotopic (exact) mass is 290 g/mol. The fourth-order valence-corrected chi connectivity index (χ4v) is 2.54. The molecule has 0 saturated heterocycles. The maximum Gasteiger partial charge on any atom is 0.318 e. The molecule has 1 N–H and O–H groups in total. The third-order valence-corrected chi connectivity index (χ3v) is 3.63. The summed E-state index contributed by atoms with van der Waals surface area (Å²) >= 11 is 1.64. The topological polar surface area (TPSA) is 50.2 Å². The summed E-state index contributed by atoms with van der Waals surface area (Å²) in [4.78, 5) is 15.1. The van der Waals surface area contributed by atoms with Crippen LogP contribution in [0.5, 0.6) is 0 Å². The highest BCUT2D eigenvalue weighted by Gasteiger charge is 2.12. The number of nitrogens with one attached hydrogen (secondary N) is 1. The lowest BCUT2D eigenvalue weighted by molar-refractivity contribution is 0.201. The van der Waals surface area contributed by atoms with Gasteiger partial charge in [-0.25, -0.2) is 4.79 Å². The van der Waals surface area contributed by atoms with Crippen LogP contribution in [0.3, 0.4) is 0 Å². The Bertz CT molecular complexity index is 562. The largest absolute Gasteiger partial charge is 0.334 e. The van der Waals surface area contributed by atoms with Crippen LogP contribution < -0.4 is 5.32 Å². The summed E-state index contributed by atoms with van der Waals surface area (Å²) in [6.07, 6.45) is 5.37. The molecule has 2 aromatic rings. The molecule has 0 bridgehead atoms. The summed E-state index contributed by atoms with van der Waals surface area (Å²) in [5, 5.41) is 8.98. The number of amides is 2. The Balaban J connectivity index is 1.91.